The average molecular weight is 233 g/mol. The van der Waals surface area contributed by atoms with E-state index in [0.717, 1.165) is 25.1 Å². The second kappa shape index (κ2) is 8.28. The Morgan fingerprint density at radius 3 is 2.20 bits per heavy atom. The maximum Gasteiger partial charge on any atom is 0.0391 e. The summed E-state index contributed by atoms with van der Waals surface area (Å²) >= 11 is 0. The fraction of sp³-hybridized carbons (Fsp3) is 1.00. The number of hydrogen-bond donors (Lipinski definition) is 1. The second-order valence-corrected chi connectivity index (χ2v) is 6.39. The Kier molecular flexibility index (Phi) is 8.34. The molecule has 2 nitrogen and oxygen atoms in total. The minimum absolute atomic E-state index is 0.308. The van der Waals surface area contributed by atoms with Crippen molar-refractivity contribution < 1.29 is 4.21 Å². The monoisotopic (exact) mass is 233 g/mol. The predicted octanol–water partition coefficient (Wildman–Crippen LogP) is 2.56. The van der Waals surface area contributed by atoms with Crippen LogP contribution >= 0.6 is 0 Å². The summed E-state index contributed by atoms with van der Waals surface area (Å²) in [7, 11) is -0.691. The van der Waals surface area contributed by atoms with Crippen molar-refractivity contribution in [2.45, 2.75) is 58.8 Å². The van der Waals surface area contributed by atoms with Crippen LogP contribution in [0.15, 0.2) is 0 Å². The normalized spacial score (nSPS) is 17.7. The first kappa shape index (κ1) is 15.1. The lowest BCUT2D eigenvalue weighted by Crippen LogP contribution is -2.36. The van der Waals surface area contributed by atoms with Gasteiger partial charge in [0.25, 0.3) is 0 Å². The van der Waals surface area contributed by atoms with E-state index in [4.69, 9.17) is 0 Å². The van der Waals surface area contributed by atoms with E-state index in [1.165, 1.54) is 0 Å². The molecule has 0 aromatic carbocycles. The van der Waals surface area contributed by atoms with Gasteiger partial charge in [-0.3, -0.25) is 4.21 Å². The Bertz CT molecular complexity index is 182. The molecule has 0 amide bonds. The van der Waals surface area contributed by atoms with Crippen LogP contribution in [0.5, 0.6) is 0 Å². The smallest absolute Gasteiger partial charge is 0.0391 e. The SMILES string of the molecule is CCCNC(CC)CS(=O)C(C)C(C)C. The molecule has 3 atom stereocenters. The van der Waals surface area contributed by atoms with Crippen molar-refractivity contribution in [3.05, 3.63) is 0 Å². The van der Waals surface area contributed by atoms with Gasteiger partial charge in [0.2, 0.25) is 0 Å². The molecule has 0 saturated heterocycles. The van der Waals surface area contributed by atoms with Crippen molar-refractivity contribution >= 4 is 10.8 Å². The van der Waals surface area contributed by atoms with Gasteiger partial charge < -0.3 is 5.32 Å². The number of hydrogen-bond acceptors (Lipinski definition) is 2. The van der Waals surface area contributed by atoms with Crippen LogP contribution < -0.4 is 5.32 Å². The molecule has 0 aliphatic heterocycles. The van der Waals surface area contributed by atoms with E-state index in [-0.39, 0.29) is 0 Å². The van der Waals surface area contributed by atoms with Crippen LogP contribution in [0.3, 0.4) is 0 Å². The quantitative estimate of drug-likeness (QED) is 0.698. The first-order valence-electron chi connectivity index (χ1n) is 6.13. The summed E-state index contributed by atoms with van der Waals surface area (Å²) in [4.78, 5) is 0. The van der Waals surface area contributed by atoms with Gasteiger partial charge in [-0.2, -0.15) is 0 Å². The molecule has 0 heterocycles. The molecule has 0 aliphatic rings. The van der Waals surface area contributed by atoms with E-state index in [1.54, 1.807) is 0 Å². The maximum atomic E-state index is 12.0. The molecule has 3 heteroatoms. The minimum Gasteiger partial charge on any atom is -0.313 e. The lowest BCUT2D eigenvalue weighted by Gasteiger charge is -2.20. The molecule has 0 aliphatic carbocycles. The van der Waals surface area contributed by atoms with E-state index >= 15 is 0 Å². The van der Waals surface area contributed by atoms with Gasteiger partial charge in [0.15, 0.2) is 0 Å². The van der Waals surface area contributed by atoms with E-state index < -0.39 is 10.8 Å². The summed E-state index contributed by atoms with van der Waals surface area (Å²) in [5.74, 6) is 1.31. The van der Waals surface area contributed by atoms with Crippen LogP contribution in [0.2, 0.25) is 0 Å². The van der Waals surface area contributed by atoms with E-state index in [9.17, 15) is 4.21 Å². The van der Waals surface area contributed by atoms with Crippen molar-refractivity contribution in [2.24, 2.45) is 5.92 Å². The fourth-order valence-electron chi connectivity index (χ4n) is 1.32. The van der Waals surface area contributed by atoms with Crippen molar-refractivity contribution in [1.82, 2.24) is 5.32 Å². The largest absolute Gasteiger partial charge is 0.313 e. The van der Waals surface area contributed by atoms with E-state index in [0.29, 0.717) is 17.2 Å². The van der Waals surface area contributed by atoms with Crippen molar-refractivity contribution in [3.8, 4) is 0 Å². The Hall–Kier alpha value is 0.110. The zero-order valence-corrected chi connectivity index (χ0v) is 11.7. The van der Waals surface area contributed by atoms with Crippen molar-refractivity contribution in [1.29, 1.82) is 0 Å². The Morgan fingerprint density at radius 1 is 1.20 bits per heavy atom. The van der Waals surface area contributed by atoms with Gasteiger partial charge in [-0.15, -0.1) is 0 Å². The standard InChI is InChI=1S/C12H27NOS/c1-6-8-13-12(7-2)9-15(14)11(5)10(3)4/h10-13H,6-9H2,1-5H3. The number of rotatable bonds is 8. The van der Waals surface area contributed by atoms with Crippen molar-refractivity contribution in [3.63, 3.8) is 0 Å². The highest BCUT2D eigenvalue weighted by Gasteiger charge is 2.18. The van der Waals surface area contributed by atoms with E-state index in [1.807, 2.05) is 0 Å². The Morgan fingerprint density at radius 2 is 1.80 bits per heavy atom. The highest BCUT2D eigenvalue weighted by atomic mass is 32.2. The molecular weight excluding hydrogens is 206 g/mol. The minimum atomic E-state index is -0.691. The molecule has 3 unspecified atom stereocenters. The lowest BCUT2D eigenvalue weighted by molar-refractivity contribution is 0.528. The third-order valence-electron chi connectivity index (χ3n) is 2.89. The first-order valence-corrected chi connectivity index (χ1v) is 7.51. The summed E-state index contributed by atoms with van der Waals surface area (Å²) in [6, 6.07) is 0.423. The van der Waals surface area contributed by atoms with Crippen molar-refractivity contribution in [2.75, 3.05) is 12.3 Å². The van der Waals surface area contributed by atoms with Crippen LogP contribution in [-0.2, 0) is 10.8 Å². The molecular formula is C12H27NOS. The maximum absolute atomic E-state index is 12.0. The molecule has 15 heavy (non-hydrogen) atoms. The third kappa shape index (κ3) is 6.31. The summed E-state index contributed by atoms with van der Waals surface area (Å²) in [5, 5.41) is 3.76. The van der Waals surface area contributed by atoms with Gasteiger partial charge in [-0.25, -0.2) is 0 Å². The van der Waals surface area contributed by atoms with Gasteiger partial charge in [0.1, 0.15) is 0 Å². The van der Waals surface area contributed by atoms with Crippen LogP contribution in [0.4, 0.5) is 0 Å². The van der Waals surface area contributed by atoms with Crippen LogP contribution in [0.25, 0.3) is 0 Å². The molecule has 0 aromatic rings. The molecule has 0 fully saturated rings. The van der Waals surface area contributed by atoms with Gasteiger partial charge >= 0.3 is 0 Å². The zero-order valence-electron chi connectivity index (χ0n) is 10.9. The van der Waals surface area contributed by atoms with E-state index in [2.05, 4.69) is 39.9 Å². The molecule has 0 saturated carbocycles. The fourth-order valence-corrected chi connectivity index (χ4v) is 2.98. The summed E-state index contributed by atoms with van der Waals surface area (Å²) in [6.45, 7) is 11.7. The lowest BCUT2D eigenvalue weighted by atomic mass is 10.2. The Labute approximate surface area is 97.7 Å². The zero-order chi connectivity index (χ0) is 11.8. The van der Waals surface area contributed by atoms with Gasteiger partial charge in [-0.05, 0) is 25.3 Å². The van der Waals surface area contributed by atoms with Crippen LogP contribution in [0, 0.1) is 5.92 Å². The van der Waals surface area contributed by atoms with Gasteiger partial charge in [0.05, 0.1) is 0 Å². The second-order valence-electron chi connectivity index (χ2n) is 4.56. The van der Waals surface area contributed by atoms with Gasteiger partial charge in [0, 0.05) is 27.8 Å². The summed E-state index contributed by atoms with van der Waals surface area (Å²) < 4.78 is 12.0. The third-order valence-corrected chi connectivity index (χ3v) is 5.00. The van der Waals surface area contributed by atoms with Crippen LogP contribution in [-0.4, -0.2) is 27.8 Å². The molecule has 0 rings (SSSR count). The average Bonchev–Trinajstić information content (AvgIpc) is 2.22. The molecule has 0 bridgehead atoms. The molecule has 0 aromatic heterocycles. The highest BCUT2D eigenvalue weighted by molar-refractivity contribution is 7.85. The summed E-state index contributed by atoms with van der Waals surface area (Å²) in [6.07, 6.45) is 2.21. The molecule has 0 spiro atoms. The first-order chi connectivity index (χ1) is 7.02. The molecule has 1 N–H and O–H groups in total. The predicted molar refractivity (Wildman–Crippen MR) is 69.7 cm³/mol. The molecule has 0 radical (unpaired) electrons. The Balaban J connectivity index is 4.00. The van der Waals surface area contributed by atoms with Crippen LogP contribution in [0.1, 0.15) is 47.5 Å². The molecule has 92 valence electrons. The summed E-state index contributed by atoms with van der Waals surface area (Å²) in [5.41, 5.74) is 0. The van der Waals surface area contributed by atoms with Gasteiger partial charge in [-0.1, -0.05) is 34.6 Å². The topological polar surface area (TPSA) is 29.1 Å². The number of nitrogens with one attached hydrogen (secondary N) is 1. The highest BCUT2D eigenvalue weighted by Crippen LogP contribution is 2.10.